The molecule has 0 spiro atoms. The van der Waals surface area contributed by atoms with Gasteiger partial charge in [0.2, 0.25) is 5.69 Å². The summed E-state index contributed by atoms with van der Waals surface area (Å²) in [5, 5.41) is 0.722. The van der Waals surface area contributed by atoms with Gasteiger partial charge in [0.15, 0.2) is 5.11 Å². The lowest BCUT2D eigenvalue weighted by Crippen LogP contribution is -2.44. The minimum absolute atomic E-state index is 0.124. The molecule has 5 nitrogen and oxygen atoms in total. The van der Waals surface area contributed by atoms with E-state index >= 15 is 0 Å². The molecule has 0 N–H and O–H groups in total. The third-order valence-electron chi connectivity index (χ3n) is 5.89. The van der Waals surface area contributed by atoms with Gasteiger partial charge in [-0.05, 0) is 67.9 Å². The summed E-state index contributed by atoms with van der Waals surface area (Å²) in [5.74, 6) is 0.678. The van der Waals surface area contributed by atoms with Crippen LogP contribution in [0.3, 0.4) is 0 Å². The van der Waals surface area contributed by atoms with Crippen molar-refractivity contribution < 1.29 is 9.53 Å². The molecule has 0 aliphatic carbocycles. The summed E-state index contributed by atoms with van der Waals surface area (Å²) in [7, 11) is 0. The summed E-state index contributed by atoms with van der Waals surface area (Å²) in [4.78, 5) is 20.0. The van der Waals surface area contributed by atoms with E-state index in [4.69, 9.17) is 35.1 Å². The number of thiocarbonyl (C=S) groups is 1. The highest BCUT2D eigenvalue weighted by atomic mass is 35.5. The fraction of sp³-hybridized carbons (Fsp3) is 0.222. The lowest BCUT2D eigenvalue weighted by molar-refractivity contribution is -0.123. The molecule has 1 saturated heterocycles. The van der Waals surface area contributed by atoms with Gasteiger partial charge >= 0.3 is 0 Å². The van der Waals surface area contributed by atoms with Crippen LogP contribution < -0.4 is 9.64 Å². The van der Waals surface area contributed by atoms with Crippen molar-refractivity contribution in [1.82, 2.24) is 4.90 Å². The van der Waals surface area contributed by atoms with Crippen LogP contribution in [0.25, 0.3) is 16.0 Å². The Morgan fingerprint density at radius 2 is 1.71 bits per heavy atom. The summed E-state index contributed by atoms with van der Waals surface area (Å²) in [6.45, 7) is 12.0. The predicted octanol–water partition coefficient (Wildman–Crippen LogP) is 6.74. The van der Waals surface area contributed by atoms with Crippen molar-refractivity contribution >= 4 is 46.2 Å². The van der Waals surface area contributed by atoms with Gasteiger partial charge in [-0.1, -0.05) is 60.1 Å². The summed E-state index contributed by atoms with van der Waals surface area (Å²) in [6.07, 6.45) is 0.697. The van der Waals surface area contributed by atoms with Crippen molar-refractivity contribution in [2.24, 2.45) is 0 Å². The molecular formula is C27H24ClN3O2S. The van der Waals surface area contributed by atoms with E-state index in [0.29, 0.717) is 41.1 Å². The van der Waals surface area contributed by atoms with E-state index in [1.807, 2.05) is 61.2 Å². The van der Waals surface area contributed by atoms with Crippen LogP contribution >= 0.6 is 23.8 Å². The van der Waals surface area contributed by atoms with E-state index in [0.717, 1.165) is 16.9 Å². The number of benzene rings is 3. The Bertz CT molecular complexity index is 1250. The predicted molar refractivity (Wildman–Crippen MR) is 141 cm³/mol. The Morgan fingerprint density at radius 1 is 1.03 bits per heavy atom. The van der Waals surface area contributed by atoms with E-state index in [1.165, 1.54) is 4.90 Å². The highest BCUT2D eigenvalue weighted by Gasteiger charge is 2.49. The topological polar surface area (TPSA) is 37.1 Å². The largest absolute Gasteiger partial charge is 0.494 e. The van der Waals surface area contributed by atoms with Crippen molar-refractivity contribution in [2.45, 2.75) is 25.8 Å². The molecule has 7 heteroatoms. The molecule has 0 aromatic heterocycles. The van der Waals surface area contributed by atoms with Crippen molar-refractivity contribution in [3.8, 4) is 16.9 Å². The van der Waals surface area contributed by atoms with Gasteiger partial charge in [-0.3, -0.25) is 9.69 Å². The Balaban J connectivity index is 1.37. The molecule has 1 fully saturated rings. The molecule has 0 unspecified atom stereocenters. The zero-order chi connectivity index (χ0) is 24.3. The molecule has 34 heavy (non-hydrogen) atoms. The molecule has 1 amide bonds. The molecule has 3 aromatic carbocycles. The molecule has 0 bridgehead atoms. The van der Waals surface area contributed by atoms with E-state index in [9.17, 15) is 4.79 Å². The Kier molecular flexibility index (Phi) is 6.87. The first-order valence-corrected chi connectivity index (χ1v) is 11.7. The van der Waals surface area contributed by atoms with Crippen molar-refractivity contribution in [2.75, 3.05) is 18.1 Å². The number of carbonyl (C=O) groups is 1. The second-order valence-electron chi connectivity index (χ2n) is 8.47. The number of hydrogen-bond acceptors (Lipinski definition) is 3. The lowest BCUT2D eigenvalue weighted by Gasteiger charge is -2.29. The minimum atomic E-state index is -0.792. The van der Waals surface area contributed by atoms with E-state index in [-0.39, 0.29) is 5.91 Å². The smallest absolute Gasteiger partial charge is 0.258 e. The maximum absolute atomic E-state index is 13.2. The first-order chi connectivity index (χ1) is 16.3. The van der Waals surface area contributed by atoms with Gasteiger partial charge in [0.05, 0.1) is 18.9 Å². The highest BCUT2D eigenvalue weighted by molar-refractivity contribution is 7.80. The number of amides is 1. The Morgan fingerprint density at radius 3 is 2.35 bits per heavy atom. The number of anilines is 1. The van der Waals surface area contributed by atoms with Crippen LogP contribution in [-0.4, -0.2) is 34.6 Å². The number of carbonyl (C=O) groups excluding carboxylic acids is 1. The number of halogens is 1. The molecule has 1 aliphatic rings. The van der Waals surface area contributed by atoms with Crippen LogP contribution in [0.5, 0.6) is 5.75 Å². The molecule has 0 atom stereocenters. The highest BCUT2D eigenvalue weighted by Crippen LogP contribution is 2.36. The van der Waals surface area contributed by atoms with Crippen LogP contribution in [0.1, 0.15) is 20.3 Å². The van der Waals surface area contributed by atoms with Crippen LogP contribution in [0, 0.1) is 6.57 Å². The minimum Gasteiger partial charge on any atom is -0.494 e. The van der Waals surface area contributed by atoms with Gasteiger partial charge in [-0.15, -0.1) is 0 Å². The van der Waals surface area contributed by atoms with Gasteiger partial charge in [0.1, 0.15) is 11.3 Å². The van der Waals surface area contributed by atoms with Gasteiger partial charge in [-0.25, -0.2) is 4.85 Å². The van der Waals surface area contributed by atoms with E-state index in [1.54, 1.807) is 18.2 Å². The molecule has 1 heterocycles. The number of nitrogens with zero attached hydrogens (tertiary/aromatic N) is 3. The van der Waals surface area contributed by atoms with E-state index in [2.05, 4.69) is 17.0 Å². The normalized spacial score (nSPS) is 14.9. The van der Waals surface area contributed by atoms with Gasteiger partial charge in [-0.2, -0.15) is 0 Å². The van der Waals surface area contributed by atoms with Crippen LogP contribution in [-0.2, 0) is 4.79 Å². The summed E-state index contributed by atoms with van der Waals surface area (Å²) in [5.41, 5.74) is 2.42. The number of ether oxygens (including phenoxy) is 1. The third-order valence-corrected chi connectivity index (χ3v) is 6.60. The first-order valence-electron chi connectivity index (χ1n) is 10.9. The molecule has 4 rings (SSSR count). The average molecular weight is 490 g/mol. The van der Waals surface area contributed by atoms with E-state index < -0.39 is 5.54 Å². The number of rotatable bonds is 7. The molecular weight excluding hydrogens is 466 g/mol. The first kappa shape index (κ1) is 23.7. The summed E-state index contributed by atoms with van der Waals surface area (Å²) >= 11 is 11.9. The van der Waals surface area contributed by atoms with Gasteiger partial charge in [0.25, 0.3) is 5.91 Å². The third kappa shape index (κ3) is 4.63. The van der Waals surface area contributed by atoms with Gasteiger partial charge < -0.3 is 9.64 Å². The molecule has 0 radical (unpaired) electrons. The van der Waals surface area contributed by atoms with Crippen molar-refractivity contribution in [1.29, 1.82) is 0 Å². The monoisotopic (exact) mass is 489 g/mol. The SMILES string of the molecule is [C-]#[N+]c1ccc(N2C(=O)C(C)(C)N(CCCOc3ccc(-c4ccccc4)cc3)C2=S)cc1Cl. The number of hydrogen-bond donors (Lipinski definition) is 0. The zero-order valence-electron chi connectivity index (χ0n) is 19.0. The van der Waals surface area contributed by atoms with Gasteiger partial charge in [0, 0.05) is 11.6 Å². The maximum atomic E-state index is 13.2. The summed E-state index contributed by atoms with van der Waals surface area (Å²) < 4.78 is 5.93. The molecule has 0 saturated carbocycles. The second-order valence-corrected chi connectivity index (χ2v) is 9.25. The molecule has 1 aliphatic heterocycles. The van der Waals surface area contributed by atoms with Crippen LogP contribution in [0.4, 0.5) is 11.4 Å². The summed E-state index contributed by atoms with van der Waals surface area (Å²) in [6, 6.07) is 23.1. The average Bonchev–Trinajstić information content (AvgIpc) is 3.01. The maximum Gasteiger partial charge on any atom is 0.258 e. The van der Waals surface area contributed by atoms with Crippen molar-refractivity contribution in [3.63, 3.8) is 0 Å². The fourth-order valence-electron chi connectivity index (χ4n) is 3.95. The van der Waals surface area contributed by atoms with Crippen LogP contribution in [0.2, 0.25) is 5.02 Å². The lowest BCUT2D eigenvalue weighted by atomic mass is 10.0. The standard InChI is InChI=1S/C27H24ClN3O2S/c1-27(2)25(32)31(21-12-15-24(29-3)23(28)18-21)26(34)30(27)16-7-17-33-22-13-10-20(11-14-22)19-8-5-4-6-9-19/h4-6,8-15,18H,7,16-17H2,1-2H3. The second kappa shape index (κ2) is 9.84. The molecule has 3 aromatic rings. The van der Waals surface area contributed by atoms with Crippen molar-refractivity contribution in [3.05, 3.63) is 89.2 Å². The zero-order valence-corrected chi connectivity index (χ0v) is 20.6. The fourth-order valence-corrected chi connectivity index (χ4v) is 4.68. The molecule has 172 valence electrons. The Hall–Kier alpha value is -3.40. The quantitative estimate of drug-likeness (QED) is 0.209. The Labute approximate surface area is 210 Å². The van der Waals surface area contributed by atoms with Crippen LogP contribution in [0.15, 0.2) is 72.8 Å².